The highest BCUT2D eigenvalue weighted by Crippen LogP contribution is 2.28. The number of methoxy groups -OCH3 is 1. The van der Waals surface area contributed by atoms with E-state index in [1.807, 2.05) is 19.0 Å². The Morgan fingerprint density at radius 3 is 2.44 bits per heavy atom. The predicted octanol–water partition coefficient (Wildman–Crippen LogP) is 2.74. The second-order valence-corrected chi connectivity index (χ2v) is 9.21. The third kappa shape index (κ3) is 5.73. The molecule has 6 nitrogen and oxygen atoms in total. The summed E-state index contributed by atoms with van der Waals surface area (Å²) in [6.07, 6.45) is 5.34. The topological polar surface area (TPSA) is 66.9 Å². The van der Waals surface area contributed by atoms with E-state index in [9.17, 15) is 17.6 Å². The summed E-state index contributed by atoms with van der Waals surface area (Å²) < 4.78 is 46.8. The lowest BCUT2D eigenvalue weighted by Gasteiger charge is -2.30. The van der Waals surface area contributed by atoms with Crippen LogP contribution in [-0.2, 0) is 14.8 Å². The van der Waals surface area contributed by atoms with Crippen molar-refractivity contribution in [3.8, 4) is 0 Å². The van der Waals surface area contributed by atoms with Crippen molar-refractivity contribution in [3.63, 3.8) is 0 Å². The second-order valence-electron chi connectivity index (χ2n) is 7.31. The lowest BCUT2D eigenvalue weighted by molar-refractivity contribution is 0.0600. The zero-order chi connectivity index (χ0) is 20.0. The number of nitrogens with zero attached hydrogens (tertiary/aromatic N) is 2. The molecule has 0 radical (unpaired) electrons. The van der Waals surface area contributed by atoms with Gasteiger partial charge >= 0.3 is 5.97 Å². The molecule has 0 N–H and O–H groups in total. The molecule has 1 saturated carbocycles. The Balaban J connectivity index is 2.34. The van der Waals surface area contributed by atoms with Crippen molar-refractivity contribution in [2.45, 2.75) is 37.0 Å². The van der Waals surface area contributed by atoms with Crippen molar-refractivity contribution in [2.24, 2.45) is 5.92 Å². The van der Waals surface area contributed by atoms with Crippen LogP contribution in [0.2, 0.25) is 0 Å². The van der Waals surface area contributed by atoms with Crippen LogP contribution >= 0.6 is 0 Å². The molecule has 1 aromatic carbocycles. The number of halogens is 1. The molecule has 1 aliphatic rings. The van der Waals surface area contributed by atoms with E-state index in [0.717, 1.165) is 37.8 Å². The number of carbonyl (C=O) groups is 1. The molecule has 0 aliphatic heterocycles. The first-order chi connectivity index (χ1) is 12.8. The average Bonchev–Trinajstić information content (AvgIpc) is 2.65. The Morgan fingerprint density at radius 2 is 1.85 bits per heavy atom. The summed E-state index contributed by atoms with van der Waals surface area (Å²) in [6, 6.07) is 3.30. The second kappa shape index (κ2) is 9.61. The summed E-state index contributed by atoms with van der Waals surface area (Å²) in [4.78, 5) is 13.2. The largest absolute Gasteiger partial charge is 0.465 e. The molecule has 0 heterocycles. The fourth-order valence-electron chi connectivity index (χ4n) is 3.36. The van der Waals surface area contributed by atoms with Crippen molar-refractivity contribution < 1.29 is 22.3 Å². The quantitative estimate of drug-likeness (QED) is 0.628. The molecule has 2 rings (SSSR count). The molecule has 1 fully saturated rings. The third-order valence-electron chi connectivity index (χ3n) is 4.95. The molecule has 27 heavy (non-hydrogen) atoms. The lowest BCUT2D eigenvalue weighted by atomic mass is 9.89. The van der Waals surface area contributed by atoms with Crippen LogP contribution in [0.15, 0.2) is 23.1 Å². The van der Waals surface area contributed by atoms with E-state index in [0.29, 0.717) is 13.1 Å². The van der Waals surface area contributed by atoms with E-state index in [-0.39, 0.29) is 18.0 Å². The minimum Gasteiger partial charge on any atom is -0.465 e. The van der Waals surface area contributed by atoms with Gasteiger partial charge in [0.15, 0.2) is 0 Å². The minimum absolute atomic E-state index is 0.0164. The number of hydrogen-bond donors (Lipinski definition) is 0. The summed E-state index contributed by atoms with van der Waals surface area (Å²) in [7, 11) is 0.863. The molecular weight excluding hydrogens is 371 g/mol. The van der Waals surface area contributed by atoms with Crippen LogP contribution in [0.1, 0.15) is 42.5 Å². The normalized spacial score (nSPS) is 16.1. The van der Waals surface area contributed by atoms with Crippen molar-refractivity contribution in [3.05, 3.63) is 29.6 Å². The monoisotopic (exact) mass is 400 g/mol. The highest BCUT2D eigenvalue weighted by Gasteiger charge is 2.31. The van der Waals surface area contributed by atoms with Gasteiger partial charge in [-0.25, -0.2) is 17.6 Å². The SMILES string of the molecule is COC(=O)c1ccc(F)c(S(=O)(=O)N(CCN(C)C)CC2CCCCC2)c1. The highest BCUT2D eigenvalue weighted by atomic mass is 32.2. The van der Waals surface area contributed by atoms with Crippen LogP contribution in [0.3, 0.4) is 0 Å². The number of benzene rings is 1. The Labute approximate surface area is 161 Å². The van der Waals surface area contributed by atoms with Gasteiger partial charge in [-0.15, -0.1) is 0 Å². The van der Waals surface area contributed by atoms with Gasteiger partial charge < -0.3 is 9.64 Å². The van der Waals surface area contributed by atoms with Gasteiger partial charge in [-0.05, 0) is 51.1 Å². The molecule has 0 amide bonds. The van der Waals surface area contributed by atoms with E-state index in [1.54, 1.807) is 0 Å². The number of likely N-dealkylation sites (N-methyl/N-ethyl adjacent to an activating group) is 1. The first-order valence-electron chi connectivity index (χ1n) is 9.28. The van der Waals surface area contributed by atoms with Gasteiger partial charge in [0, 0.05) is 19.6 Å². The number of ether oxygens (including phenoxy) is 1. The Bertz CT molecular complexity index is 746. The van der Waals surface area contributed by atoms with Crippen LogP contribution in [0.25, 0.3) is 0 Å². The number of sulfonamides is 1. The molecule has 0 aromatic heterocycles. The number of rotatable bonds is 8. The first kappa shape index (κ1) is 21.8. The molecule has 0 unspecified atom stereocenters. The van der Waals surface area contributed by atoms with Gasteiger partial charge in [-0.1, -0.05) is 19.3 Å². The molecular formula is C19H29FN2O4S. The van der Waals surface area contributed by atoms with Gasteiger partial charge in [-0.2, -0.15) is 4.31 Å². The Hall–Kier alpha value is -1.51. The summed E-state index contributed by atoms with van der Waals surface area (Å²) in [5.74, 6) is -1.28. The summed E-state index contributed by atoms with van der Waals surface area (Å²) in [5.41, 5.74) is 0.0164. The average molecular weight is 401 g/mol. The number of carbonyl (C=O) groups excluding carboxylic acids is 1. The minimum atomic E-state index is -4.07. The molecule has 1 aliphatic carbocycles. The van der Waals surface area contributed by atoms with Crippen molar-refractivity contribution in [1.82, 2.24) is 9.21 Å². The van der Waals surface area contributed by atoms with E-state index >= 15 is 0 Å². The first-order valence-corrected chi connectivity index (χ1v) is 10.7. The number of hydrogen-bond acceptors (Lipinski definition) is 5. The van der Waals surface area contributed by atoms with Gasteiger partial charge in [0.1, 0.15) is 10.7 Å². The van der Waals surface area contributed by atoms with Gasteiger partial charge in [-0.3, -0.25) is 0 Å². The maximum Gasteiger partial charge on any atom is 0.337 e. The Morgan fingerprint density at radius 1 is 1.19 bits per heavy atom. The molecule has 0 saturated heterocycles. The third-order valence-corrected chi connectivity index (χ3v) is 6.83. The standard InChI is InChI=1S/C19H29FN2O4S/c1-21(2)11-12-22(14-15-7-5-4-6-8-15)27(24,25)18-13-16(19(23)26-3)9-10-17(18)20/h9-10,13,15H,4-8,11-12,14H2,1-3H3. The van der Waals surface area contributed by atoms with Crippen LogP contribution in [0.5, 0.6) is 0 Å². The predicted molar refractivity (Wildman–Crippen MR) is 102 cm³/mol. The van der Waals surface area contributed by atoms with Crippen LogP contribution in [0, 0.1) is 11.7 Å². The van der Waals surface area contributed by atoms with E-state index in [1.165, 1.54) is 23.9 Å². The zero-order valence-corrected chi connectivity index (χ0v) is 17.1. The molecule has 152 valence electrons. The van der Waals surface area contributed by atoms with E-state index in [2.05, 4.69) is 4.74 Å². The molecule has 0 atom stereocenters. The highest BCUT2D eigenvalue weighted by molar-refractivity contribution is 7.89. The van der Waals surface area contributed by atoms with Crippen LogP contribution in [-0.4, -0.2) is 64.4 Å². The van der Waals surface area contributed by atoms with Crippen LogP contribution in [0.4, 0.5) is 4.39 Å². The maximum atomic E-state index is 14.4. The van der Waals surface area contributed by atoms with Crippen molar-refractivity contribution in [1.29, 1.82) is 0 Å². The molecule has 1 aromatic rings. The molecule has 0 bridgehead atoms. The smallest absolute Gasteiger partial charge is 0.337 e. The summed E-state index contributed by atoms with van der Waals surface area (Å²) >= 11 is 0. The fraction of sp³-hybridized carbons (Fsp3) is 0.632. The zero-order valence-electron chi connectivity index (χ0n) is 16.3. The van der Waals surface area contributed by atoms with Gasteiger partial charge in [0.2, 0.25) is 10.0 Å². The van der Waals surface area contributed by atoms with E-state index in [4.69, 9.17) is 0 Å². The fourth-order valence-corrected chi connectivity index (χ4v) is 4.96. The Kier molecular flexibility index (Phi) is 7.76. The number of esters is 1. The van der Waals surface area contributed by atoms with Crippen molar-refractivity contribution >= 4 is 16.0 Å². The summed E-state index contributed by atoms with van der Waals surface area (Å²) in [6.45, 7) is 1.18. The maximum absolute atomic E-state index is 14.4. The van der Waals surface area contributed by atoms with Gasteiger partial charge in [0.25, 0.3) is 0 Å². The van der Waals surface area contributed by atoms with Gasteiger partial charge in [0.05, 0.1) is 12.7 Å². The van der Waals surface area contributed by atoms with E-state index < -0.39 is 26.7 Å². The molecule has 8 heteroatoms. The lowest BCUT2D eigenvalue weighted by Crippen LogP contribution is -2.40. The molecule has 0 spiro atoms. The van der Waals surface area contributed by atoms with Crippen molar-refractivity contribution in [2.75, 3.05) is 40.8 Å². The van der Waals surface area contributed by atoms with Crippen LogP contribution < -0.4 is 0 Å². The summed E-state index contributed by atoms with van der Waals surface area (Å²) in [5, 5.41) is 0.